The lowest BCUT2D eigenvalue weighted by Crippen LogP contribution is -2.30. The molecule has 2 rings (SSSR count). The quantitative estimate of drug-likeness (QED) is 0.814. The second kappa shape index (κ2) is 6.36. The van der Waals surface area contributed by atoms with E-state index >= 15 is 0 Å². The molecule has 0 bridgehead atoms. The van der Waals surface area contributed by atoms with E-state index < -0.39 is 10.0 Å². The molecule has 1 unspecified atom stereocenters. The van der Waals surface area contributed by atoms with Crippen LogP contribution in [0.2, 0.25) is 0 Å². The highest BCUT2D eigenvalue weighted by molar-refractivity contribution is 7.89. The molecule has 1 atom stereocenters. The minimum Gasteiger partial charge on any atom is -0.385 e. The molecule has 5 heteroatoms. The topological polar surface area (TPSA) is 58.2 Å². The molecular weight excluding hydrogens is 284 g/mol. The van der Waals surface area contributed by atoms with Gasteiger partial charge in [0.1, 0.15) is 0 Å². The van der Waals surface area contributed by atoms with Gasteiger partial charge < -0.3 is 5.32 Å². The smallest absolute Gasteiger partial charge is 0.241 e. The van der Waals surface area contributed by atoms with Crippen molar-refractivity contribution in [3.05, 3.63) is 23.3 Å². The van der Waals surface area contributed by atoms with Crippen LogP contribution < -0.4 is 10.0 Å². The van der Waals surface area contributed by atoms with Crippen molar-refractivity contribution in [2.24, 2.45) is 11.8 Å². The molecule has 1 aliphatic carbocycles. The molecule has 1 fully saturated rings. The zero-order valence-electron chi connectivity index (χ0n) is 13.4. The Labute approximate surface area is 128 Å². The standard InChI is InChI=1S/C16H26N2O2S/c1-5-17-15-8-11(2)16(12(3)9-15)21(19,20)18-10-13(4)14-6-7-14/h8-9,13-14,17-18H,5-7,10H2,1-4H3. The maximum atomic E-state index is 12.6. The average molecular weight is 310 g/mol. The van der Waals surface area contributed by atoms with Crippen LogP contribution in [0.5, 0.6) is 0 Å². The second-order valence-electron chi connectivity index (χ2n) is 6.14. The van der Waals surface area contributed by atoms with Gasteiger partial charge in [-0.15, -0.1) is 0 Å². The molecule has 0 aliphatic heterocycles. The van der Waals surface area contributed by atoms with Gasteiger partial charge in [-0.1, -0.05) is 6.92 Å². The fraction of sp³-hybridized carbons (Fsp3) is 0.625. The number of anilines is 1. The third-order valence-electron chi connectivity index (χ3n) is 4.13. The number of sulfonamides is 1. The summed E-state index contributed by atoms with van der Waals surface area (Å²) in [5.74, 6) is 1.12. The van der Waals surface area contributed by atoms with Crippen LogP contribution in [0.1, 0.15) is 37.8 Å². The van der Waals surface area contributed by atoms with Crippen LogP contribution in [0.25, 0.3) is 0 Å². The van der Waals surface area contributed by atoms with E-state index in [-0.39, 0.29) is 0 Å². The Morgan fingerprint density at radius 2 is 1.81 bits per heavy atom. The van der Waals surface area contributed by atoms with Crippen molar-refractivity contribution in [2.45, 2.75) is 45.4 Å². The summed E-state index contributed by atoms with van der Waals surface area (Å²) in [4.78, 5) is 0.423. The van der Waals surface area contributed by atoms with Crippen molar-refractivity contribution in [1.82, 2.24) is 4.72 Å². The second-order valence-corrected chi connectivity index (χ2v) is 7.84. The Morgan fingerprint density at radius 1 is 1.24 bits per heavy atom. The molecule has 118 valence electrons. The molecule has 21 heavy (non-hydrogen) atoms. The Hall–Kier alpha value is -1.07. The molecule has 0 aromatic heterocycles. The molecule has 0 spiro atoms. The molecule has 2 N–H and O–H groups in total. The first kappa shape index (κ1) is 16.3. The van der Waals surface area contributed by atoms with Crippen molar-refractivity contribution >= 4 is 15.7 Å². The van der Waals surface area contributed by atoms with Crippen LogP contribution in [0.3, 0.4) is 0 Å². The number of rotatable bonds is 7. The van der Waals surface area contributed by atoms with Gasteiger partial charge in [0.15, 0.2) is 0 Å². The number of aryl methyl sites for hydroxylation is 2. The first-order chi connectivity index (χ1) is 9.85. The zero-order chi connectivity index (χ0) is 15.6. The summed E-state index contributed by atoms with van der Waals surface area (Å²) in [6.45, 7) is 9.20. The Kier molecular flexibility index (Phi) is 4.94. The molecular formula is C16H26N2O2S. The summed E-state index contributed by atoms with van der Waals surface area (Å²) in [6.07, 6.45) is 2.47. The van der Waals surface area contributed by atoms with E-state index in [0.29, 0.717) is 23.3 Å². The van der Waals surface area contributed by atoms with Crippen molar-refractivity contribution in [1.29, 1.82) is 0 Å². The fourth-order valence-electron chi connectivity index (χ4n) is 2.83. The highest BCUT2D eigenvalue weighted by atomic mass is 32.2. The van der Waals surface area contributed by atoms with E-state index in [1.807, 2.05) is 32.9 Å². The van der Waals surface area contributed by atoms with E-state index in [9.17, 15) is 8.42 Å². The summed E-state index contributed by atoms with van der Waals surface area (Å²) in [7, 11) is -3.43. The molecule has 4 nitrogen and oxygen atoms in total. The molecule has 1 aromatic rings. The van der Waals surface area contributed by atoms with Gasteiger partial charge in [-0.2, -0.15) is 0 Å². The van der Waals surface area contributed by atoms with Gasteiger partial charge in [0.2, 0.25) is 10.0 Å². The number of nitrogens with one attached hydrogen (secondary N) is 2. The van der Waals surface area contributed by atoms with Crippen LogP contribution >= 0.6 is 0 Å². The summed E-state index contributed by atoms with van der Waals surface area (Å²) >= 11 is 0. The lowest BCUT2D eigenvalue weighted by atomic mass is 10.1. The molecule has 0 saturated heterocycles. The summed E-state index contributed by atoms with van der Waals surface area (Å²) in [6, 6.07) is 3.80. The molecule has 0 amide bonds. The van der Waals surface area contributed by atoms with Crippen LogP contribution in [0.4, 0.5) is 5.69 Å². The van der Waals surface area contributed by atoms with Gasteiger partial charge in [-0.3, -0.25) is 0 Å². The maximum absolute atomic E-state index is 12.6. The van der Waals surface area contributed by atoms with Gasteiger partial charge in [0.05, 0.1) is 4.90 Å². The summed E-state index contributed by atoms with van der Waals surface area (Å²) < 4.78 is 27.9. The van der Waals surface area contributed by atoms with E-state index in [4.69, 9.17) is 0 Å². The van der Waals surface area contributed by atoms with Crippen molar-refractivity contribution in [3.8, 4) is 0 Å². The van der Waals surface area contributed by atoms with E-state index in [1.165, 1.54) is 12.8 Å². The zero-order valence-corrected chi connectivity index (χ0v) is 14.2. The van der Waals surface area contributed by atoms with Crippen LogP contribution in [0.15, 0.2) is 17.0 Å². The van der Waals surface area contributed by atoms with Gasteiger partial charge >= 0.3 is 0 Å². The van der Waals surface area contributed by atoms with Crippen LogP contribution in [-0.2, 0) is 10.0 Å². The predicted molar refractivity (Wildman–Crippen MR) is 87.2 cm³/mol. The largest absolute Gasteiger partial charge is 0.385 e. The van der Waals surface area contributed by atoms with Gasteiger partial charge in [-0.25, -0.2) is 13.1 Å². The van der Waals surface area contributed by atoms with Crippen LogP contribution in [-0.4, -0.2) is 21.5 Å². The van der Waals surface area contributed by atoms with Gasteiger partial charge in [0.25, 0.3) is 0 Å². The molecule has 1 aliphatic rings. The van der Waals surface area contributed by atoms with Gasteiger partial charge in [-0.05, 0) is 68.7 Å². The maximum Gasteiger partial charge on any atom is 0.241 e. The third-order valence-corrected chi connectivity index (χ3v) is 5.86. The van der Waals surface area contributed by atoms with Crippen LogP contribution in [0, 0.1) is 25.7 Å². The van der Waals surface area contributed by atoms with E-state index in [0.717, 1.165) is 23.4 Å². The minimum absolute atomic E-state index is 0.418. The third kappa shape index (κ3) is 3.98. The summed E-state index contributed by atoms with van der Waals surface area (Å²) in [5, 5.41) is 3.23. The predicted octanol–water partition coefficient (Wildman–Crippen LogP) is 3.06. The molecule has 0 radical (unpaired) electrons. The lowest BCUT2D eigenvalue weighted by molar-refractivity contribution is 0.491. The van der Waals surface area contributed by atoms with Crippen molar-refractivity contribution in [2.75, 3.05) is 18.4 Å². The monoisotopic (exact) mass is 310 g/mol. The Bertz CT molecular complexity index is 584. The highest BCUT2D eigenvalue weighted by Crippen LogP contribution is 2.36. The minimum atomic E-state index is -3.43. The number of benzene rings is 1. The number of hydrogen-bond acceptors (Lipinski definition) is 3. The summed E-state index contributed by atoms with van der Waals surface area (Å²) in [5.41, 5.74) is 2.55. The van der Waals surface area contributed by atoms with Gasteiger partial charge in [0, 0.05) is 18.8 Å². The first-order valence-corrected chi connectivity index (χ1v) is 9.18. The average Bonchev–Trinajstić information content (AvgIpc) is 3.19. The lowest BCUT2D eigenvalue weighted by Gasteiger charge is -2.16. The number of hydrogen-bond donors (Lipinski definition) is 2. The van der Waals surface area contributed by atoms with E-state index in [2.05, 4.69) is 17.0 Å². The highest BCUT2D eigenvalue weighted by Gasteiger charge is 2.29. The first-order valence-electron chi connectivity index (χ1n) is 7.70. The fourth-order valence-corrected chi connectivity index (χ4v) is 4.42. The molecule has 0 heterocycles. The van der Waals surface area contributed by atoms with Crippen molar-refractivity contribution < 1.29 is 8.42 Å². The Morgan fingerprint density at radius 3 is 2.29 bits per heavy atom. The van der Waals surface area contributed by atoms with Crippen molar-refractivity contribution in [3.63, 3.8) is 0 Å². The van der Waals surface area contributed by atoms with E-state index in [1.54, 1.807) is 0 Å². The Balaban J connectivity index is 2.18. The molecule has 1 aromatic carbocycles. The molecule has 1 saturated carbocycles. The SMILES string of the molecule is CCNc1cc(C)c(S(=O)(=O)NCC(C)C2CC2)c(C)c1. The normalized spacial score (nSPS) is 16.8.